The number of aliphatic hydroxyl groups excluding tert-OH is 1. The molecule has 1 N–H and O–H groups in total. The van der Waals surface area contributed by atoms with Gasteiger partial charge in [0.15, 0.2) is 5.76 Å². The van der Waals surface area contributed by atoms with Crippen molar-refractivity contribution in [1.82, 2.24) is 4.98 Å². The molecule has 0 radical (unpaired) electrons. The predicted molar refractivity (Wildman–Crippen MR) is 115 cm³/mol. The minimum absolute atomic E-state index is 0.0272. The molecule has 1 aromatic carbocycles. The first-order valence-corrected chi connectivity index (χ1v) is 10.4. The molecule has 4 rings (SSSR count). The van der Waals surface area contributed by atoms with Crippen LogP contribution in [0.25, 0.3) is 0 Å². The third-order valence-electron chi connectivity index (χ3n) is 4.82. The van der Waals surface area contributed by atoms with Gasteiger partial charge in [-0.1, -0.05) is 12.1 Å². The van der Waals surface area contributed by atoms with Gasteiger partial charge in [0.25, 0.3) is 5.91 Å². The minimum atomic E-state index is -0.906. The number of hydrogen-bond donors (Lipinski definition) is 1. The number of anilines is 1. The molecule has 8 heteroatoms. The summed E-state index contributed by atoms with van der Waals surface area (Å²) in [6, 6.07) is 13.9. The number of esters is 1. The van der Waals surface area contributed by atoms with Gasteiger partial charge in [-0.3, -0.25) is 19.5 Å². The number of ketones is 1. The minimum Gasteiger partial charge on any atom is -0.503 e. The molecule has 0 aliphatic carbocycles. The lowest BCUT2D eigenvalue weighted by Gasteiger charge is -2.26. The average molecular weight is 434 g/mol. The van der Waals surface area contributed by atoms with Gasteiger partial charge in [-0.05, 0) is 54.8 Å². The van der Waals surface area contributed by atoms with Crippen LogP contribution in [0.15, 0.2) is 77.5 Å². The Kier molecular flexibility index (Phi) is 5.64. The monoisotopic (exact) mass is 434 g/mol. The number of hydrogen-bond acceptors (Lipinski definition) is 7. The van der Waals surface area contributed by atoms with Gasteiger partial charge in [-0.2, -0.15) is 0 Å². The molecule has 3 aromatic rings. The second-order valence-electron chi connectivity index (χ2n) is 6.67. The second kappa shape index (κ2) is 8.53. The van der Waals surface area contributed by atoms with Crippen molar-refractivity contribution in [1.29, 1.82) is 0 Å². The third kappa shape index (κ3) is 3.73. The van der Waals surface area contributed by atoms with Gasteiger partial charge >= 0.3 is 5.97 Å². The number of carbonyl (C=O) groups excluding carboxylic acids is 3. The molecular formula is C23H18N2O5S. The summed E-state index contributed by atoms with van der Waals surface area (Å²) in [7, 11) is 0. The molecule has 1 atom stereocenters. The van der Waals surface area contributed by atoms with Crippen molar-refractivity contribution in [2.24, 2.45) is 0 Å². The molecule has 0 saturated heterocycles. The summed E-state index contributed by atoms with van der Waals surface area (Å²) in [6.45, 7) is 1.96. The molecule has 156 valence electrons. The van der Waals surface area contributed by atoms with E-state index in [1.165, 1.54) is 28.4 Å². The summed E-state index contributed by atoms with van der Waals surface area (Å²) in [6.07, 6.45) is 1.56. The summed E-state index contributed by atoms with van der Waals surface area (Å²) in [5, 5.41) is 12.4. The van der Waals surface area contributed by atoms with Crippen LogP contribution in [0.3, 0.4) is 0 Å². The highest BCUT2D eigenvalue weighted by atomic mass is 32.1. The van der Waals surface area contributed by atoms with E-state index in [2.05, 4.69) is 4.98 Å². The van der Waals surface area contributed by atoms with E-state index >= 15 is 0 Å². The molecule has 1 unspecified atom stereocenters. The molecule has 2 aromatic heterocycles. The van der Waals surface area contributed by atoms with E-state index in [-0.39, 0.29) is 12.2 Å². The number of pyridine rings is 1. The number of thiophene rings is 1. The van der Waals surface area contributed by atoms with Crippen molar-refractivity contribution in [3.63, 3.8) is 0 Å². The van der Waals surface area contributed by atoms with Crippen LogP contribution in [0.4, 0.5) is 5.69 Å². The maximum atomic E-state index is 13.2. The topological polar surface area (TPSA) is 96.8 Å². The Hall–Kier alpha value is -3.78. The lowest BCUT2D eigenvalue weighted by Crippen LogP contribution is -2.31. The van der Waals surface area contributed by atoms with Crippen LogP contribution < -0.4 is 4.90 Å². The first-order chi connectivity index (χ1) is 15.0. The quantitative estimate of drug-likeness (QED) is 0.463. The zero-order valence-electron chi connectivity index (χ0n) is 16.5. The summed E-state index contributed by atoms with van der Waals surface area (Å²) >= 11 is 1.23. The fourth-order valence-corrected chi connectivity index (χ4v) is 4.11. The molecule has 3 heterocycles. The zero-order chi connectivity index (χ0) is 22.0. The second-order valence-corrected chi connectivity index (χ2v) is 7.62. The molecule has 0 spiro atoms. The van der Waals surface area contributed by atoms with E-state index < -0.39 is 29.5 Å². The Balaban J connectivity index is 1.78. The van der Waals surface area contributed by atoms with E-state index in [1.54, 1.807) is 61.0 Å². The fourth-order valence-electron chi connectivity index (χ4n) is 3.43. The number of ether oxygens (including phenoxy) is 1. The van der Waals surface area contributed by atoms with E-state index in [1.807, 2.05) is 0 Å². The van der Waals surface area contributed by atoms with Crippen molar-refractivity contribution in [3.8, 4) is 0 Å². The van der Waals surface area contributed by atoms with Gasteiger partial charge in [0.1, 0.15) is 6.04 Å². The van der Waals surface area contributed by atoms with Gasteiger partial charge in [0.05, 0.1) is 28.3 Å². The number of rotatable bonds is 6. The van der Waals surface area contributed by atoms with Crippen molar-refractivity contribution in [2.45, 2.75) is 13.0 Å². The molecule has 0 saturated carbocycles. The summed E-state index contributed by atoms with van der Waals surface area (Å²) in [4.78, 5) is 44.2. The number of nitrogens with zero attached hydrogens (tertiary/aromatic N) is 2. The van der Waals surface area contributed by atoms with Crippen molar-refractivity contribution < 1.29 is 24.2 Å². The zero-order valence-corrected chi connectivity index (χ0v) is 17.3. The number of aromatic nitrogens is 1. The van der Waals surface area contributed by atoms with Crippen LogP contribution in [0.1, 0.15) is 38.7 Å². The number of Topliss-reactive ketones (excluding diaryl/α,β-unsaturated/α-hetero) is 1. The molecular weight excluding hydrogens is 416 g/mol. The largest absolute Gasteiger partial charge is 0.503 e. The average Bonchev–Trinajstić information content (AvgIpc) is 3.42. The standard InChI is InChI=1S/C23H18N2O5S/c1-2-30-23(29)14-8-10-15(11-9-14)25-19(16-6-3-4-12-24-16)18(21(27)22(25)28)20(26)17-7-5-13-31-17/h3-13,19,27H,2H2,1H3. The summed E-state index contributed by atoms with van der Waals surface area (Å²) in [5.74, 6) is -2.22. The van der Waals surface area contributed by atoms with E-state index in [0.29, 0.717) is 21.8 Å². The van der Waals surface area contributed by atoms with E-state index in [0.717, 1.165) is 0 Å². The number of amides is 1. The van der Waals surface area contributed by atoms with Crippen LogP contribution in [-0.4, -0.2) is 34.4 Å². The van der Waals surface area contributed by atoms with Crippen molar-refractivity contribution in [2.75, 3.05) is 11.5 Å². The first kappa shape index (κ1) is 20.5. The summed E-state index contributed by atoms with van der Waals surface area (Å²) in [5.41, 5.74) is 1.16. The molecule has 1 amide bonds. The lowest BCUT2D eigenvalue weighted by atomic mass is 9.98. The van der Waals surface area contributed by atoms with Crippen LogP contribution in [0.2, 0.25) is 0 Å². The Morgan fingerprint density at radius 3 is 2.52 bits per heavy atom. The molecule has 1 aliphatic rings. The molecule has 0 bridgehead atoms. The maximum Gasteiger partial charge on any atom is 0.338 e. The number of benzene rings is 1. The predicted octanol–water partition coefficient (Wildman–Crippen LogP) is 4.10. The lowest BCUT2D eigenvalue weighted by molar-refractivity contribution is -0.117. The van der Waals surface area contributed by atoms with Gasteiger partial charge < -0.3 is 9.84 Å². The van der Waals surface area contributed by atoms with Gasteiger partial charge in [-0.25, -0.2) is 4.79 Å². The highest BCUT2D eigenvalue weighted by Crippen LogP contribution is 2.41. The number of carbonyl (C=O) groups is 3. The van der Waals surface area contributed by atoms with Crippen LogP contribution in [0, 0.1) is 0 Å². The smallest absolute Gasteiger partial charge is 0.338 e. The highest BCUT2D eigenvalue weighted by molar-refractivity contribution is 7.12. The van der Waals surface area contributed by atoms with Crippen molar-refractivity contribution >= 4 is 34.7 Å². The Morgan fingerprint density at radius 1 is 1.13 bits per heavy atom. The van der Waals surface area contributed by atoms with Gasteiger partial charge in [0, 0.05) is 11.9 Å². The summed E-state index contributed by atoms with van der Waals surface area (Å²) < 4.78 is 4.99. The van der Waals surface area contributed by atoms with Crippen LogP contribution >= 0.6 is 11.3 Å². The van der Waals surface area contributed by atoms with Crippen molar-refractivity contribution in [3.05, 3.63) is 93.6 Å². The number of aliphatic hydroxyl groups is 1. The Bertz CT molecular complexity index is 1150. The molecule has 31 heavy (non-hydrogen) atoms. The molecule has 7 nitrogen and oxygen atoms in total. The SMILES string of the molecule is CCOC(=O)c1ccc(N2C(=O)C(O)=C(C(=O)c3cccs3)C2c2ccccn2)cc1. The van der Waals surface area contributed by atoms with E-state index in [4.69, 9.17) is 4.74 Å². The maximum absolute atomic E-state index is 13.2. The van der Waals surface area contributed by atoms with Gasteiger partial charge in [0.2, 0.25) is 5.78 Å². The molecule has 0 fully saturated rings. The fraction of sp³-hybridized carbons (Fsp3) is 0.130. The molecule has 1 aliphatic heterocycles. The normalized spacial score (nSPS) is 16.0. The van der Waals surface area contributed by atoms with Crippen LogP contribution in [0.5, 0.6) is 0 Å². The third-order valence-corrected chi connectivity index (χ3v) is 5.69. The highest BCUT2D eigenvalue weighted by Gasteiger charge is 2.45. The Labute approximate surface area is 182 Å². The van der Waals surface area contributed by atoms with E-state index in [9.17, 15) is 19.5 Å². The first-order valence-electron chi connectivity index (χ1n) is 9.56. The van der Waals surface area contributed by atoms with Gasteiger partial charge in [-0.15, -0.1) is 11.3 Å². The van der Waals surface area contributed by atoms with Crippen LogP contribution in [-0.2, 0) is 9.53 Å². The Morgan fingerprint density at radius 2 is 1.90 bits per heavy atom.